The Morgan fingerprint density at radius 2 is 1.76 bits per heavy atom. The van der Waals surface area contributed by atoms with Gasteiger partial charge in [0.25, 0.3) is 5.56 Å². The Balaban J connectivity index is 1.72. The molecule has 1 heterocycles. The SMILES string of the molecule is COc1ccc(-n2c(SCC(=O)Nc3ccccc3Cl)nc3ccccc3c2=O)cc1OC. The summed E-state index contributed by atoms with van der Waals surface area (Å²) in [4.78, 5) is 30.6. The fraction of sp³-hybridized carbons (Fsp3) is 0.125. The monoisotopic (exact) mass is 481 g/mol. The van der Waals surface area contributed by atoms with Crippen LogP contribution in [0.15, 0.2) is 76.7 Å². The van der Waals surface area contributed by atoms with Gasteiger partial charge in [0, 0.05) is 6.07 Å². The van der Waals surface area contributed by atoms with Gasteiger partial charge in [0.15, 0.2) is 16.7 Å². The topological polar surface area (TPSA) is 82.5 Å². The van der Waals surface area contributed by atoms with Crippen molar-refractivity contribution in [2.75, 3.05) is 25.3 Å². The zero-order valence-corrected chi connectivity index (χ0v) is 19.4. The molecule has 33 heavy (non-hydrogen) atoms. The minimum Gasteiger partial charge on any atom is -0.493 e. The molecule has 0 aliphatic heterocycles. The lowest BCUT2D eigenvalue weighted by molar-refractivity contribution is -0.113. The van der Waals surface area contributed by atoms with Crippen molar-refractivity contribution in [1.29, 1.82) is 0 Å². The number of fused-ring (bicyclic) bond motifs is 1. The molecular formula is C24H20ClN3O4S. The highest BCUT2D eigenvalue weighted by Gasteiger charge is 2.17. The minimum absolute atomic E-state index is 0.0310. The maximum Gasteiger partial charge on any atom is 0.266 e. The van der Waals surface area contributed by atoms with Crippen molar-refractivity contribution in [3.05, 3.63) is 82.1 Å². The van der Waals surface area contributed by atoms with Crippen LogP contribution in [0.25, 0.3) is 16.6 Å². The Morgan fingerprint density at radius 3 is 2.52 bits per heavy atom. The number of benzene rings is 3. The molecule has 0 atom stereocenters. The molecule has 9 heteroatoms. The van der Waals surface area contributed by atoms with Crippen LogP contribution in [0.3, 0.4) is 0 Å². The molecule has 0 fully saturated rings. The highest BCUT2D eigenvalue weighted by atomic mass is 35.5. The summed E-state index contributed by atoms with van der Waals surface area (Å²) in [6.07, 6.45) is 0. The van der Waals surface area contributed by atoms with E-state index in [4.69, 9.17) is 21.1 Å². The second-order valence-electron chi connectivity index (χ2n) is 6.91. The van der Waals surface area contributed by atoms with Crippen LogP contribution in [-0.4, -0.2) is 35.4 Å². The smallest absolute Gasteiger partial charge is 0.266 e. The van der Waals surface area contributed by atoms with Crippen LogP contribution in [0, 0.1) is 0 Å². The van der Waals surface area contributed by atoms with Crippen LogP contribution in [0.2, 0.25) is 5.02 Å². The van der Waals surface area contributed by atoms with Crippen LogP contribution < -0.4 is 20.3 Å². The first-order valence-corrected chi connectivity index (χ1v) is 11.3. The van der Waals surface area contributed by atoms with E-state index >= 15 is 0 Å². The third kappa shape index (κ3) is 4.81. The highest BCUT2D eigenvalue weighted by Crippen LogP contribution is 2.31. The predicted molar refractivity (Wildman–Crippen MR) is 131 cm³/mol. The van der Waals surface area contributed by atoms with Gasteiger partial charge in [0.1, 0.15) is 0 Å². The molecule has 0 radical (unpaired) electrons. The number of carbonyl (C=O) groups is 1. The first kappa shape index (κ1) is 22.7. The number of amides is 1. The summed E-state index contributed by atoms with van der Waals surface area (Å²) in [5, 5.41) is 4.07. The van der Waals surface area contributed by atoms with E-state index in [2.05, 4.69) is 10.3 Å². The maximum atomic E-state index is 13.4. The summed E-state index contributed by atoms with van der Waals surface area (Å²) >= 11 is 7.28. The Hall–Kier alpha value is -3.49. The molecule has 1 aromatic heterocycles. The van der Waals surface area contributed by atoms with Gasteiger partial charge >= 0.3 is 0 Å². The van der Waals surface area contributed by atoms with Crippen LogP contribution in [-0.2, 0) is 4.79 Å². The second kappa shape index (κ2) is 9.97. The maximum absolute atomic E-state index is 13.4. The summed E-state index contributed by atoms with van der Waals surface area (Å²) < 4.78 is 12.2. The number of hydrogen-bond acceptors (Lipinski definition) is 6. The number of nitrogens with zero attached hydrogens (tertiary/aromatic N) is 2. The number of thioether (sulfide) groups is 1. The van der Waals surface area contributed by atoms with Crippen molar-refractivity contribution in [3.63, 3.8) is 0 Å². The minimum atomic E-state index is -0.269. The third-order valence-corrected chi connectivity index (χ3v) is 6.12. The number of halogens is 1. The van der Waals surface area contributed by atoms with E-state index < -0.39 is 0 Å². The molecule has 0 aliphatic carbocycles. The number of rotatable bonds is 7. The van der Waals surface area contributed by atoms with Crippen molar-refractivity contribution in [2.24, 2.45) is 0 Å². The van der Waals surface area contributed by atoms with Crippen LogP contribution in [0.5, 0.6) is 11.5 Å². The Bertz CT molecular complexity index is 1390. The van der Waals surface area contributed by atoms with E-state index in [0.29, 0.717) is 44.0 Å². The lowest BCUT2D eigenvalue weighted by atomic mass is 10.2. The molecule has 1 N–H and O–H groups in total. The molecule has 3 aromatic carbocycles. The fourth-order valence-corrected chi connectivity index (χ4v) is 4.28. The van der Waals surface area contributed by atoms with Gasteiger partial charge in [-0.3, -0.25) is 14.2 Å². The molecule has 0 spiro atoms. The van der Waals surface area contributed by atoms with Crippen molar-refractivity contribution in [3.8, 4) is 17.2 Å². The zero-order chi connectivity index (χ0) is 23.4. The van der Waals surface area contributed by atoms with Gasteiger partial charge in [-0.25, -0.2) is 4.98 Å². The predicted octanol–water partition coefficient (Wildman–Crippen LogP) is 4.79. The highest BCUT2D eigenvalue weighted by molar-refractivity contribution is 7.99. The van der Waals surface area contributed by atoms with E-state index in [-0.39, 0.29) is 17.2 Å². The van der Waals surface area contributed by atoms with Crippen molar-refractivity contribution < 1.29 is 14.3 Å². The van der Waals surface area contributed by atoms with Gasteiger partial charge in [-0.2, -0.15) is 0 Å². The molecular weight excluding hydrogens is 462 g/mol. The number of hydrogen-bond donors (Lipinski definition) is 1. The Labute approximate surface area is 199 Å². The quantitative estimate of drug-likeness (QED) is 0.302. The normalized spacial score (nSPS) is 10.8. The summed E-state index contributed by atoms with van der Waals surface area (Å²) in [6, 6.07) is 19.2. The standard InChI is InChI=1S/C24H20ClN3O4S/c1-31-20-12-11-15(13-21(20)32-2)28-23(30)16-7-3-5-9-18(16)27-24(28)33-14-22(29)26-19-10-6-4-8-17(19)25/h3-13H,14H2,1-2H3,(H,26,29). The fourth-order valence-electron chi connectivity index (χ4n) is 3.28. The Kier molecular flexibility index (Phi) is 6.86. The molecule has 1 amide bonds. The van der Waals surface area contributed by atoms with Gasteiger partial charge in [-0.05, 0) is 36.4 Å². The molecule has 7 nitrogen and oxygen atoms in total. The molecule has 4 rings (SSSR count). The molecule has 0 saturated carbocycles. The number of anilines is 1. The summed E-state index contributed by atoms with van der Waals surface area (Å²) in [6.45, 7) is 0. The lowest BCUT2D eigenvalue weighted by Crippen LogP contribution is -2.23. The van der Waals surface area contributed by atoms with E-state index in [1.54, 1.807) is 67.8 Å². The number of aromatic nitrogens is 2. The van der Waals surface area contributed by atoms with E-state index in [1.807, 2.05) is 6.07 Å². The summed E-state index contributed by atoms with van der Waals surface area (Å²) in [5.41, 5.74) is 1.37. The number of para-hydroxylation sites is 2. The molecule has 0 unspecified atom stereocenters. The van der Waals surface area contributed by atoms with Gasteiger partial charge in [-0.1, -0.05) is 47.6 Å². The number of ether oxygens (including phenoxy) is 2. The Morgan fingerprint density at radius 1 is 1.03 bits per heavy atom. The zero-order valence-electron chi connectivity index (χ0n) is 17.9. The van der Waals surface area contributed by atoms with Crippen LogP contribution in [0.4, 0.5) is 5.69 Å². The van der Waals surface area contributed by atoms with Crippen LogP contribution in [0.1, 0.15) is 0 Å². The lowest BCUT2D eigenvalue weighted by Gasteiger charge is -2.15. The number of methoxy groups -OCH3 is 2. The second-order valence-corrected chi connectivity index (χ2v) is 8.26. The van der Waals surface area contributed by atoms with Crippen LogP contribution >= 0.6 is 23.4 Å². The number of carbonyl (C=O) groups excluding carboxylic acids is 1. The summed E-state index contributed by atoms with van der Waals surface area (Å²) in [5.74, 6) is 0.775. The van der Waals surface area contributed by atoms with E-state index in [9.17, 15) is 9.59 Å². The van der Waals surface area contributed by atoms with Crippen molar-refractivity contribution >= 4 is 45.9 Å². The molecule has 4 aromatic rings. The summed E-state index contributed by atoms with van der Waals surface area (Å²) in [7, 11) is 3.07. The molecule has 0 bridgehead atoms. The van der Waals surface area contributed by atoms with Gasteiger partial charge in [0.2, 0.25) is 5.91 Å². The van der Waals surface area contributed by atoms with E-state index in [0.717, 1.165) is 11.8 Å². The largest absolute Gasteiger partial charge is 0.493 e. The molecule has 168 valence electrons. The average Bonchev–Trinajstić information content (AvgIpc) is 2.84. The van der Waals surface area contributed by atoms with Gasteiger partial charge in [0.05, 0.1) is 47.3 Å². The van der Waals surface area contributed by atoms with Crippen molar-refractivity contribution in [2.45, 2.75) is 5.16 Å². The molecule has 0 saturated heterocycles. The first-order valence-electron chi connectivity index (χ1n) is 9.93. The van der Waals surface area contributed by atoms with E-state index in [1.165, 1.54) is 11.7 Å². The molecule has 0 aliphatic rings. The van der Waals surface area contributed by atoms with Gasteiger partial charge in [-0.15, -0.1) is 0 Å². The first-order chi connectivity index (χ1) is 16.0. The average molecular weight is 482 g/mol. The third-order valence-electron chi connectivity index (χ3n) is 4.85. The van der Waals surface area contributed by atoms with Gasteiger partial charge < -0.3 is 14.8 Å². The van der Waals surface area contributed by atoms with Crippen molar-refractivity contribution in [1.82, 2.24) is 9.55 Å². The number of nitrogens with one attached hydrogen (secondary N) is 1.